The molecule has 2 rings (SSSR count). The minimum Gasteiger partial charge on any atom is -0.394 e. The smallest absolute Gasteiger partial charge is 0.187 e. The first-order chi connectivity index (χ1) is 8.71. The van der Waals surface area contributed by atoms with Gasteiger partial charge in [0.25, 0.3) is 0 Å². The van der Waals surface area contributed by atoms with Crippen LogP contribution >= 0.6 is 0 Å². The Kier molecular flexibility index (Phi) is 3.98. The highest BCUT2D eigenvalue weighted by Gasteiger charge is 2.51. The minimum atomic E-state index is -1.18. The van der Waals surface area contributed by atoms with Crippen molar-refractivity contribution in [2.45, 2.75) is 43.4 Å². The van der Waals surface area contributed by atoms with E-state index in [4.69, 9.17) is 30.1 Å². The van der Waals surface area contributed by atoms with Crippen LogP contribution in [-0.2, 0) is 14.2 Å². The molecule has 0 saturated carbocycles. The summed E-state index contributed by atoms with van der Waals surface area (Å²) in [6, 6.07) is 0.960. The van der Waals surface area contributed by atoms with Crippen LogP contribution in [0.15, 0.2) is 5.11 Å². The van der Waals surface area contributed by atoms with Gasteiger partial charge in [0, 0.05) is 4.91 Å². The Balaban J connectivity index is 2.17. The van der Waals surface area contributed by atoms with E-state index in [9.17, 15) is 5.11 Å². The monoisotopic (exact) mass is 256 g/mol. The lowest BCUT2D eigenvalue weighted by Crippen LogP contribution is -2.56. The topological polar surface area (TPSA) is 141 Å². The molecule has 0 radical (unpaired) electrons. The van der Waals surface area contributed by atoms with Crippen LogP contribution in [0.4, 0.5) is 0 Å². The van der Waals surface area contributed by atoms with Gasteiger partial charge in [0.05, 0.1) is 31.2 Å². The summed E-state index contributed by atoms with van der Waals surface area (Å²) >= 11 is 0. The van der Waals surface area contributed by atoms with Crippen molar-refractivity contribution in [1.82, 2.24) is 0 Å². The molecule has 2 fully saturated rings. The van der Waals surface area contributed by atoms with Crippen LogP contribution in [0.3, 0.4) is 0 Å². The number of aliphatic hydroxyl groups excluding tert-OH is 2. The van der Waals surface area contributed by atoms with Gasteiger partial charge in [0.1, 0.15) is 12.2 Å². The molecular formula is C9H12N4O5. The van der Waals surface area contributed by atoms with Gasteiger partial charge >= 0.3 is 0 Å². The molecule has 6 atom stereocenters. The van der Waals surface area contributed by atoms with Gasteiger partial charge in [-0.05, 0) is 5.53 Å². The zero-order valence-corrected chi connectivity index (χ0v) is 9.29. The first-order valence-electron chi connectivity index (χ1n) is 5.37. The van der Waals surface area contributed by atoms with E-state index in [1.165, 1.54) is 0 Å². The standard InChI is InChI=1S/C9H12N4O5/c10-2-1-5-17-8-6(12-13-11)7(15)4(3-14)16-9(8)18-5/h4-9,14-15H,1,3H2/t4-,5?,6-,7-,8-,9?/m1/s1. The molecule has 18 heavy (non-hydrogen) atoms. The Morgan fingerprint density at radius 3 is 2.78 bits per heavy atom. The lowest BCUT2D eigenvalue weighted by molar-refractivity contribution is -0.226. The third-order valence-electron chi connectivity index (χ3n) is 2.86. The van der Waals surface area contributed by atoms with Gasteiger partial charge in [-0.3, -0.25) is 0 Å². The number of ether oxygens (including phenoxy) is 3. The number of aliphatic hydroxyl groups is 2. The lowest BCUT2D eigenvalue weighted by atomic mass is 9.97. The van der Waals surface area contributed by atoms with Crippen LogP contribution in [-0.4, -0.2) is 53.8 Å². The molecule has 0 aromatic rings. The van der Waals surface area contributed by atoms with Crippen LogP contribution < -0.4 is 0 Å². The number of fused-ring (bicyclic) bond motifs is 1. The summed E-state index contributed by atoms with van der Waals surface area (Å²) in [4.78, 5) is 2.64. The van der Waals surface area contributed by atoms with Crippen molar-refractivity contribution < 1.29 is 24.4 Å². The number of nitrogens with zero attached hydrogens (tertiary/aromatic N) is 4. The maximum atomic E-state index is 9.87. The molecule has 9 nitrogen and oxygen atoms in total. The summed E-state index contributed by atoms with van der Waals surface area (Å²) in [6.45, 7) is -0.436. The number of hydrogen-bond donors (Lipinski definition) is 2. The van der Waals surface area contributed by atoms with Crippen molar-refractivity contribution in [3.8, 4) is 6.07 Å². The number of nitriles is 1. The van der Waals surface area contributed by atoms with E-state index in [0.29, 0.717) is 0 Å². The molecule has 2 N–H and O–H groups in total. The Hall–Kier alpha value is -1.40. The highest BCUT2D eigenvalue weighted by molar-refractivity contribution is 4.97. The van der Waals surface area contributed by atoms with Gasteiger partial charge in [-0.15, -0.1) is 0 Å². The fourth-order valence-corrected chi connectivity index (χ4v) is 2.03. The number of hydrogen-bond acceptors (Lipinski definition) is 7. The second-order valence-corrected chi connectivity index (χ2v) is 3.94. The predicted molar refractivity (Wildman–Crippen MR) is 54.7 cm³/mol. The van der Waals surface area contributed by atoms with Crippen molar-refractivity contribution in [1.29, 1.82) is 5.26 Å². The zero-order chi connectivity index (χ0) is 13.1. The molecule has 9 heteroatoms. The maximum Gasteiger partial charge on any atom is 0.187 e. The van der Waals surface area contributed by atoms with Crippen LogP contribution in [0.25, 0.3) is 10.4 Å². The Morgan fingerprint density at radius 2 is 2.17 bits per heavy atom. The van der Waals surface area contributed by atoms with Crippen molar-refractivity contribution in [3.63, 3.8) is 0 Å². The van der Waals surface area contributed by atoms with Crippen molar-refractivity contribution in [3.05, 3.63) is 10.4 Å². The van der Waals surface area contributed by atoms with Gasteiger partial charge in [0.2, 0.25) is 0 Å². The first kappa shape index (κ1) is 13.0. The molecule has 2 aliphatic heterocycles. The third kappa shape index (κ3) is 2.26. The highest BCUT2D eigenvalue weighted by Crippen LogP contribution is 2.33. The fraction of sp³-hybridized carbons (Fsp3) is 0.889. The van der Waals surface area contributed by atoms with Gasteiger partial charge < -0.3 is 24.4 Å². The minimum absolute atomic E-state index is 0.000759. The van der Waals surface area contributed by atoms with E-state index < -0.39 is 43.5 Å². The SMILES string of the molecule is N#CCC1OC2O[C@H](CO)[C@@H](O)[C@@H](N=[N+]=[N-])[C@H]2O1. The van der Waals surface area contributed by atoms with Crippen LogP contribution in [0, 0.1) is 11.3 Å². The van der Waals surface area contributed by atoms with Crippen LogP contribution in [0.2, 0.25) is 0 Å². The van der Waals surface area contributed by atoms with E-state index in [-0.39, 0.29) is 6.42 Å². The Labute approximate surface area is 102 Å². The maximum absolute atomic E-state index is 9.87. The summed E-state index contributed by atoms with van der Waals surface area (Å²) in [6.07, 6.45) is -4.52. The molecule has 2 aliphatic rings. The van der Waals surface area contributed by atoms with Gasteiger partial charge in [-0.1, -0.05) is 5.11 Å². The molecule has 2 heterocycles. The summed E-state index contributed by atoms with van der Waals surface area (Å²) in [5.41, 5.74) is 8.48. The van der Waals surface area contributed by atoms with Crippen LogP contribution in [0.1, 0.15) is 6.42 Å². The van der Waals surface area contributed by atoms with Gasteiger partial charge in [-0.2, -0.15) is 5.26 Å². The van der Waals surface area contributed by atoms with Crippen molar-refractivity contribution >= 4 is 0 Å². The second kappa shape index (κ2) is 5.49. The first-order valence-corrected chi connectivity index (χ1v) is 5.37. The number of azide groups is 1. The molecule has 0 spiro atoms. The van der Waals surface area contributed by atoms with Gasteiger partial charge in [-0.25, -0.2) is 0 Å². The largest absolute Gasteiger partial charge is 0.394 e. The van der Waals surface area contributed by atoms with Crippen molar-refractivity contribution in [2.24, 2.45) is 5.11 Å². The van der Waals surface area contributed by atoms with Crippen molar-refractivity contribution in [2.75, 3.05) is 6.61 Å². The summed E-state index contributed by atoms with van der Waals surface area (Å²) in [5, 5.41) is 30.9. The quantitative estimate of drug-likeness (QED) is 0.392. The molecule has 0 aliphatic carbocycles. The third-order valence-corrected chi connectivity index (χ3v) is 2.86. The predicted octanol–water partition coefficient (Wildman–Crippen LogP) is -0.601. The van der Waals surface area contributed by atoms with Gasteiger partial charge in [0.15, 0.2) is 12.6 Å². The molecular weight excluding hydrogens is 244 g/mol. The fourth-order valence-electron chi connectivity index (χ4n) is 2.03. The lowest BCUT2D eigenvalue weighted by Gasteiger charge is -2.37. The summed E-state index contributed by atoms with van der Waals surface area (Å²) < 4.78 is 15.9. The Bertz CT molecular complexity index is 393. The summed E-state index contributed by atoms with van der Waals surface area (Å²) in [5.74, 6) is 0. The molecule has 0 bridgehead atoms. The molecule has 2 unspecified atom stereocenters. The average molecular weight is 256 g/mol. The van der Waals surface area contributed by atoms with E-state index >= 15 is 0 Å². The molecule has 0 amide bonds. The van der Waals surface area contributed by atoms with Crippen LogP contribution in [0.5, 0.6) is 0 Å². The number of rotatable bonds is 3. The molecule has 0 aromatic heterocycles. The molecule has 2 saturated heterocycles. The molecule has 98 valence electrons. The normalized spacial score (nSPS) is 42.7. The Morgan fingerprint density at radius 1 is 1.39 bits per heavy atom. The summed E-state index contributed by atoms with van der Waals surface area (Å²) in [7, 11) is 0. The molecule has 0 aromatic carbocycles. The van der Waals surface area contributed by atoms with E-state index in [0.717, 1.165) is 0 Å². The highest BCUT2D eigenvalue weighted by atomic mass is 16.8. The average Bonchev–Trinajstić information content (AvgIpc) is 2.75. The second-order valence-electron chi connectivity index (χ2n) is 3.94. The zero-order valence-electron chi connectivity index (χ0n) is 9.29. The van der Waals surface area contributed by atoms with E-state index in [1.54, 1.807) is 0 Å². The van der Waals surface area contributed by atoms with E-state index in [2.05, 4.69) is 10.0 Å². The van der Waals surface area contributed by atoms with E-state index in [1.807, 2.05) is 6.07 Å².